The van der Waals surface area contributed by atoms with Gasteiger partial charge in [-0.25, -0.2) is 9.37 Å². The zero-order chi connectivity index (χ0) is 26.0. The molecular formula is C29H31FN2O4. The average molecular weight is 491 g/mol. The van der Waals surface area contributed by atoms with Gasteiger partial charge in [-0.3, -0.25) is 9.59 Å². The summed E-state index contributed by atoms with van der Waals surface area (Å²) >= 11 is 0. The molecule has 1 aromatic heterocycles. The number of rotatable bonds is 6. The number of methoxy groups -OCH3 is 1. The Morgan fingerprint density at radius 3 is 2.58 bits per heavy atom. The summed E-state index contributed by atoms with van der Waals surface area (Å²) in [7, 11) is 1.55. The number of hydrogen-bond acceptors (Lipinski definition) is 5. The Bertz CT molecular complexity index is 1320. The van der Waals surface area contributed by atoms with Crippen LogP contribution in [0.5, 0.6) is 5.88 Å². The Labute approximate surface area is 211 Å². The topological polar surface area (TPSA) is 68.7 Å². The fourth-order valence-electron chi connectivity index (χ4n) is 4.84. The van der Waals surface area contributed by atoms with E-state index in [-0.39, 0.29) is 24.0 Å². The number of pyridine rings is 1. The molecule has 2 heterocycles. The first-order valence-electron chi connectivity index (χ1n) is 12.0. The van der Waals surface area contributed by atoms with E-state index in [2.05, 4.69) is 4.98 Å². The van der Waals surface area contributed by atoms with Gasteiger partial charge < -0.3 is 14.4 Å². The summed E-state index contributed by atoms with van der Waals surface area (Å²) in [4.78, 5) is 32.6. The quantitative estimate of drug-likeness (QED) is 0.459. The van der Waals surface area contributed by atoms with Crippen molar-refractivity contribution in [2.75, 3.05) is 20.3 Å². The molecule has 0 fully saturated rings. The summed E-state index contributed by atoms with van der Waals surface area (Å²) in [5.74, 6) is -0.783. The molecule has 7 heteroatoms. The predicted octanol–water partition coefficient (Wildman–Crippen LogP) is 4.91. The van der Waals surface area contributed by atoms with E-state index >= 15 is 0 Å². The van der Waals surface area contributed by atoms with Crippen molar-refractivity contribution < 1.29 is 23.5 Å². The SMILES string of the molecule is CCOC(=O)C(C)(c1ccc2c(c1)CN(C(=O)c1cc(C)ccc1F)CC2)c1cnc(OC)cc1C. The number of hydrogen-bond donors (Lipinski definition) is 0. The second-order valence-corrected chi connectivity index (χ2v) is 9.33. The first kappa shape index (κ1) is 25.4. The molecule has 0 spiro atoms. The van der Waals surface area contributed by atoms with Gasteiger partial charge in [-0.1, -0.05) is 29.8 Å². The van der Waals surface area contributed by atoms with Crippen LogP contribution in [0.2, 0.25) is 0 Å². The van der Waals surface area contributed by atoms with Crippen molar-refractivity contribution in [3.8, 4) is 5.88 Å². The maximum atomic E-state index is 14.4. The van der Waals surface area contributed by atoms with Crippen LogP contribution in [0.15, 0.2) is 48.7 Å². The number of ether oxygens (including phenoxy) is 2. The summed E-state index contributed by atoms with van der Waals surface area (Å²) in [6.07, 6.45) is 2.30. The molecule has 6 nitrogen and oxygen atoms in total. The number of nitrogens with zero attached hydrogens (tertiary/aromatic N) is 2. The highest BCUT2D eigenvalue weighted by Crippen LogP contribution is 2.38. The Morgan fingerprint density at radius 1 is 1.11 bits per heavy atom. The molecule has 0 radical (unpaired) electrons. The molecule has 1 aliphatic rings. The van der Waals surface area contributed by atoms with Crippen LogP contribution in [-0.4, -0.2) is 42.0 Å². The van der Waals surface area contributed by atoms with Crippen molar-refractivity contribution in [2.24, 2.45) is 0 Å². The number of carbonyl (C=O) groups excluding carboxylic acids is 2. The largest absolute Gasteiger partial charge is 0.481 e. The minimum Gasteiger partial charge on any atom is -0.481 e. The summed E-state index contributed by atoms with van der Waals surface area (Å²) in [5.41, 5.74) is 4.11. The smallest absolute Gasteiger partial charge is 0.320 e. The maximum absolute atomic E-state index is 14.4. The Balaban J connectivity index is 1.74. The van der Waals surface area contributed by atoms with Crippen molar-refractivity contribution in [1.82, 2.24) is 9.88 Å². The van der Waals surface area contributed by atoms with E-state index in [4.69, 9.17) is 9.47 Å². The normalized spacial score (nSPS) is 14.6. The van der Waals surface area contributed by atoms with E-state index in [0.717, 1.165) is 27.8 Å². The lowest BCUT2D eigenvalue weighted by atomic mass is 9.74. The van der Waals surface area contributed by atoms with Gasteiger partial charge in [0.2, 0.25) is 5.88 Å². The van der Waals surface area contributed by atoms with Gasteiger partial charge in [0.05, 0.1) is 19.3 Å². The number of aryl methyl sites for hydroxylation is 2. The lowest BCUT2D eigenvalue weighted by Crippen LogP contribution is -2.38. The second-order valence-electron chi connectivity index (χ2n) is 9.33. The van der Waals surface area contributed by atoms with E-state index in [1.165, 1.54) is 6.07 Å². The minimum absolute atomic E-state index is 0.0749. The number of esters is 1. The van der Waals surface area contributed by atoms with Gasteiger partial charge in [0.1, 0.15) is 11.2 Å². The average Bonchev–Trinajstić information content (AvgIpc) is 2.88. The van der Waals surface area contributed by atoms with Crippen LogP contribution in [0, 0.1) is 19.7 Å². The van der Waals surface area contributed by atoms with Crippen LogP contribution >= 0.6 is 0 Å². The molecule has 1 aliphatic heterocycles. The zero-order valence-corrected chi connectivity index (χ0v) is 21.4. The van der Waals surface area contributed by atoms with Crippen molar-refractivity contribution >= 4 is 11.9 Å². The Hall–Kier alpha value is -3.74. The van der Waals surface area contributed by atoms with E-state index in [9.17, 15) is 14.0 Å². The van der Waals surface area contributed by atoms with Gasteiger partial charge >= 0.3 is 5.97 Å². The number of fused-ring (bicyclic) bond motifs is 1. The monoisotopic (exact) mass is 490 g/mol. The molecule has 0 N–H and O–H groups in total. The zero-order valence-electron chi connectivity index (χ0n) is 21.4. The molecule has 0 bridgehead atoms. The van der Waals surface area contributed by atoms with Gasteiger partial charge in [0.25, 0.3) is 5.91 Å². The summed E-state index contributed by atoms with van der Waals surface area (Å²) < 4.78 is 25.2. The summed E-state index contributed by atoms with van der Waals surface area (Å²) in [6.45, 7) is 8.41. The minimum atomic E-state index is -1.12. The highest BCUT2D eigenvalue weighted by molar-refractivity contribution is 5.95. The van der Waals surface area contributed by atoms with Crippen molar-refractivity contribution in [3.63, 3.8) is 0 Å². The standard InChI is InChI=1S/C29H31FN2O4/c1-6-36-28(34)29(4,24-16-31-26(35-5)14-19(24)3)22-9-8-20-11-12-32(17-21(20)15-22)27(33)23-13-18(2)7-10-25(23)30/h7-10,13-16H,6,11-12,17H2,1-5H3. The molecule has 2 aromatic carbocycles. The van der Waals surface area contributed by atoms with Crippen molar-refractivity contribution in [1.29, 1.82) is 0 Å². The first-order chi connectivity index (χ1) is 17.2. The van der Waals surface area contributed by atoms with Crippen molar-refractivity contribution in [2.45, 2.75) is 46.1 Å². The molecular weight excluding hydrogens is 459 g/mol. The number of aromatic nitrogens is 1. The molecule has 36 heavy (non-hydrogen) atoms. The second kappa shape index (κ2) is 10.1. The Kier molecular flexibility index (Phi) is 7.11. The third-order valence-electron chi connectivity index (χ3n) is 6.95. The fourth-order valence-corrected chi connectivity index (χ4v) is 4.84. The van der Waals surface area contributed by atoms with Crippen molar-refractivity contribution in [3.05, 3.63) is 93.4 Å². The van der Waals surface area contributed by atoms with Gasteiger partial charge in [-0.05, 0) is 74.1 Å². The fraction of sp³-hybridized carbons (Fsp3) is 0.345. The van der Waals surface area contributed by atoms with Crippen LogP contribution < -0.4 is 4.74 Å². The third-order valence-corrected chi connectivity index (χ3v) is 6.95. The lowest BCUT2D eigenvalue weighted by Gasteiger charge is -2.33. The number of amides is 1. The molecule has 3 aromatic rings. The first-order valence-corrected chi connectivity index (χ1v) is 12.0. The maximum Gasteiger partial charge on any atom is 0.320 e. The van der Waals surface area contributed by atoms with Crippen LogP contribution in [0.1, 0.15) is 57.6 Å². The number of halogens is 1. The van der Waals surface area contributed by atoms with E-state index in [1.54, 1.807) is 43.3 Å². The predicted molar refractivity (Wildman–Crippen MR) is 135 cm³/mol. The highest BCUT2D eigenvalue weighted by atomic mass is 19.1. The highest BCUT2D eigenvalue weighted by Gasteiger charge is 2.41. The molecule has 4 rings (SSSR count). The molecule has 1 amide bonds. The molecule has 1 unspecified atom stereocenters. The van der Waals surface area contributed by atoms with Gasteiger partial charge in [-0.15, -0.1) is 0 Å². The van der Waals surface area contributed by atoms with Crippen LogP contribution in [0.4, 0.5) is 4.39 Å². The summed E-state index contributed by atoms with van der Waals surface area (Å²) in [6, 6.07) is 12.3. The summed E-state index contributed by atoms with van der Waals surface area (Å²) in [5, 5.41) is 0. The van der Waals surface area contributed by atoms with Crippen LogP contribution in [0.25, 0.3) is 0 Å². The van der Waals surface area contributed by atoms with Crippen LogP contribution in [-0.2, 0) is 27.9 Å². The van der Waals surface area contributed by atoms with Crippen LogP contribution in [0.3, 0.4) is 0 Å². The molecule has 0 saturated carbocycles. The molecule has 0 saturated heterocycles. The van der Waals surface area contributed by atoms with Gasteiger partial charge in [-0.2, -0.15) is 0 Å². The van der Waals surface area contributed by atoms with Gasteiger partial charge in [0.15, 0.2) is 0 Å². The lowest BCUT2D eigenvalue weighted by molar-refractivity contribution is -0.147. The van der Waals surface area contributed by atoms with E-state index < -0.39 is 11.2 Å². The van der Waals surface area contributed by atoms with E-state index in [1.807, 2.05) is 39.0 Å². The molecule has 188 valence electrons. The Morgan fingerprint density at radius 2 is 1.89 bits per heavy atom. The van der Waals surface area contributed by atoms with E-state index in [0.29, 0.717) is 31.0 Å². The number of carbonyl (C=O) groups is 2. The molecule has 1 atom stereocenters. The molecule has 0 aliphatic carbocycles. The third kappa shape index (κ3) is 4.57. The number of benzene rings is 2. The van der Waals surface area contributed by atoms with Gasteiger partial charge in [0, 0.05) is 25.4 Å².